The number of hydrogen-bond acceptors (Lipinski definition) is 7. The number of rotatable bonds is 7. The van der Waals surface area contributed by atoms with E-state index in [4.69, 9.17) is 19.6 Å². The number of oxazole rings is 1. The van der Waals surface area contributed by atoms with Gasteiger partial charge in [0.25, 0.3) is 6.01 Å². The molecule has 0 amide bonds. The number of ether oxygens (including phenoxy) is 2. The molecular formula is C14H23N3O4. The second kappa shape index (κ2) is 7.99. The number of esters is 1. The summed E-state index contributed by atoms with van der Waals surface area (Å²) in [6.07, 6.45) is 4.34. The van der Waals surface area contributed by atoms with E-state index in [0.717, 1.165) is 32.4 Å². The fourth-order valence-electron chi connectivity index (χ4n) is 2.26. The Morgan fingerprint density at radius 1 is 1.52 bits per heavy atom. The Morgan fingerprint density at radius 2 is 2.29 bits per heavy atom. The molecule has 7 heteroatoms. The van der Waals surface area contributed by atoms with Gasteiger partial charge in [0, 0.05) is 19.7 Å². The first-order valence-electron chi connectivity index (χ1n) is 7.43. The molecule has 1 aromatic rings. The molecule has 0 radical (unpaired) electrons. The molecule has 0 spiro atoms. The van der Waals surface area contributed by atoms with Crippen molar-refractivity contribution in [1.82, 2.24) is 4.98 Å². The fourth-order valence-corrected chi connectivity index (χ4v) is 2.26. The minimum absolute atomic E-state index is 0.216. The van der Waals surface area contributed by atoms with E-state index in [9.17, 15) is 4.79 Å². The van der Waals surface area contributed by atoms with Crippen LogP contribution in [0.5, 0.6) is 0 Å². The van der Waals surface area contributed by atoms with Gasteiger partial charge < -0.3 is 24.5 Å². The third kappa shape index (κ3) is 4.44. The van der Waals surface area contributed by atoms with Crippen molar-refractivity contribution in [3.8, 4) is 0 Å². The normalized spacial score (nSPS) is 16.2. The lowest BCUT2D eigenvalue weighted by Crippen LogP contribution is -2.37. The van der Waals surface area contributed by atoms with E-state index in [1.54, 1.807) is 6.92 Å². The lowest BCUT2D eigenvalue weighted by molar-refractivity contribution is 0.0360. The summed E-state index contributed by atoms with van der Waals surface area (Å²) >= 11 is 0. The predicted octanol–water partition coefficient (Wildman–Crippen LogP) is 1.19. The fraction of sp³-hybridized carbons (Fsp3) is 0.714. The number of carbonyl (C=O) groups excluding carboxylic acids is 1. The van der Waals surface area contributed by atoms with Gasteiger partial charge in [-0.1, -0.05) is 0 Å². The number of piperidine rings is 1. The van der Waals surface area contributed by atoms with Gasteiger partial charge in [-0.15, -0.1) is 0 Å². The molecule has 2 heterocycles. The Bertz CT molecular complexity index is 441. The minimum Gasteiger partial charge on any atom is -0.461 e. The molecule has 1 fully saturated rings. The first kappa shape index (κ1) is 15.8. The van der Waals surface area contributed by atoms with Crippen LogP contribution in [0.1, 0.15) is 36.7 Å². The Balaban J connectivity index is 1.81. The van der Waals surface area contributed by atoms with Gasteiger partial charge in [-0.3, -0.25) is 0 Å². The molecule has 2 N–H and O–H groups in total. The van der Waals surface area contributed by atoms with Crippen LogP contribution in [0.25, 0.3) is 0 Å². The molecule has 0 atom stereocenters. The topological polar surface area (TPSA) is 90.8 Å². The zero-order chi connectivity index (χ0) is 15.1. The van der Waals surface area contributed by atoms with Gasteiger partial charge in [0.05, 0.1) is 12.7 Å². The van der Waals surface area contributed by atoms with Gasteiger partial charge in [0.1, 0.15) is 6.26 Å². The summed E-state index contributed by atoms with van der Waals surface area (Å²) in [7, 11) is 0. The van der Waals surface area contributed by atoms with Crippen molar-refractivity contribution in [1.29, 1.82) is 0 Å². The molecule has 1 aromatic heterocycles. The van der Waals surface area contributed by atoms with Crippen LogP contribution in [-0.2, 0) is 9.47 Å². The number of aromatic nitrogens is 1. The molecule has 1 aliphatic rings. The molecule has 0 aromatic carbocycles. The molecule has 21 heavy (non-hydrogen) atoms. The number of anilines is 1. The van der Waals surface area contributed by atoms with E-state index in [0.29, 0.717) is 25.8 Å². The van der Waals surface area contributed by atoms with Crippen LogP contribution < -0.4 is 10.6 Å². The number of nitrogens with zero attached hydrogens (tertiary/aromatic N) is 2. The maximum atomic E-state index is 11.5. The minimum atomic E-state index is -0.451. The van der Waals surface area contributed by atoms with E-state index in [-0.39, 0.29) is 11.8 Å². The van der Waals surface area contributed by atoms with Gasteiger partial charge >= 0.3 is 5.97 Å². The van der Waals surface area contributed by atoms with Gasteiger partial charge in [0.2, 0.25) is 0 Å². The highest BCUT2D eigenvalue weighted by Gasteiger charge is 2.24. The second-order valence-corrected chi connectivity index (χ2v) is 4.94. The summed E-state index contributed by atoms with van der Waals surface area (Å²) in [6.45, 7) is 5.06. The molecular weight excluding hydrogens is 274 g/mol. The molecule has 1 aliphatic heterocycles. The predicted molar refractivity (Wildman–Crippen MR) is 77.3 cm³/mol. The number of hydrogen-bond donors (Lipinski definition) is 1. The van der Waals surface area contributed by atoms with Crippen LogP contribution in [0.15, 0.2) is 10.7 Å². The van der Waals surface area contributed by atoms with Gasteiger partial charge in [0.15, 0.2) is 5.69 Å². The summed E-state index contributed by atoms with van der Waals surface area (Å²) in [5, 5.41) is 0. The van der Waals surface area contributed by atoms with Crippen LogP contribution in [0.2, 0.25) is 0 Å². The first-order valence-corrected chi connectivity index (χ1v) is 7.43. The molecule has 1 saturated heterocycles. The SMILES string of the molecule is CCOC(=O)c1coc(N2CCC(OCCCN)CC2)n1. The zero-order valence-electron chi connectivity index (χ0n) is 12.4. The summed E-state index contributed by atoms with van der Waals surface area (Å²) in [5.74, 6) is -0.451. The third-order valence-corrected chi connectivity index (χ3v) is 3.39. The van der Waals surface area contributed by atoms with Crippen molar-refractivity contribution in [2.75, 3.05) is 37.7 Å². The summed E-state index contributed by atoms with van der Waals surface area (Å²) in [6, 6.07) is 0.471. The number of nitrogens with two attached hydrogens (primary N) is 1. The highest BCUT2D eigenvalue weighted by atomic mass is 16.5. The highest BCUT2D eigenvalue weighted by molar-refractivity contribution is 5.87. The van der Waals surface area contributed by atoms with Crippen LogP contribution >= 0.6 is 0 Å². The van der Waals surface area contributed by atoms with Crippen LogP contribution in [0.3, 0.4) is 0 Å². The Labute approximate surface area is 124 Å². The van der Waals surface area contributed by atoms with Crippen molar-refractivity contribution >= 4 is 12.0 Å². The van der Waals surface area contributed by atoms with E-state index in [2.05, 4.69) is 4.98 Å². The molecule has 0 saturated carbocycles. The summed E-state index contributed by atoms with van der Waals surface area (Å²) < 4.78 is 16.0. The molecule has 0 aliphatic carbocycles. The Hall–Kier alpha value is -1.60. The van der Waals surface area contributed by atoms with E-state index < -0.39 is 5.97 Å². The molecule has 118 valence electrons. The maximum absolute atomic E-state index is 11.5. The average Bonchev–Trinajstić information content (AvgIpc) is 2.98. The maximum Gasteiger partial charge on any atom is 0.360 e. The van der Waals surface area contributed by atoms with Crippen molar-refractivity contribution in [3.05, 3.63) is 12.0 Å². The number of carbonyl (C=O) groups is 1. The van der Waals surface area contributed by atoms with Crippen molar-refractivity contribution in [2.24, 2.45) is 5.73 Å². The zero-order valence-corrected chi connectivity index (χ0v) is 12.4. The Kier molecular flexibility index (Phi) is 6.01. The largest absolute Gasteiger partial charge is 0.461 e. The highest BCUT2D eigenvalue weighted by Crippen LogP contribution is 2.21. The summed E-state index contributed by atoms with van der Waals surface area (Å²) in [4.78, 5) is 17.7. The van der Waals surface area contributed by atoms with Crippen molar-refractivity contribution in [3.63, 3.8) is 0 Å². The lowest BCUT2D eigenvalue weighted by Gasteiger charge is -2.30. The average molecular weight is 297 g/mol. The second-order valence-electron chi connectivity index (χ2n) is 4.94. The van der Waals surface area contributed by atoms with Gasteiger partial charge in [-0.05, 0) is 32.7 Å². The van der Waals surface area contributed by atoms with E-state index in [1.165, 1.54) is 6.26 Å². The van der Waals surface area contributed by atoms with Crippen molar-refractivity contribution < 1.29 is 18.7 Å². The van der Waals surface area contributed by atoms with Crippen LogP contribution in [0.4, 0.5) is 6.01 Å². The van der Waals surface area contributed by atoms with E-state index in [1.807, 2.05) is 4.90 Å². The van der Waals surface area contributed by atoms with Crippen LogP contribution in [0, 0.1) is 0 Å². The molecule has 0 bridgehead atoms. The monoisotopic (exact) mass is 297 g/mol. The smallest absolute Gasteiger partial charge is 0.360 e. The standard InChI is InChI=1S/C14H23N3O4/c1-2-19-13(18)12-10-21-14(16-12)17-7-4-11(5-8-17)20-9-3-6-15/h10-11H,2-9,15H2,1H3. The van der Waals surface area contributed by atoms with Crippen molar-refractivity contribution in [2.45, 2.75) is 32.3 Å². The van der Waals surface area contributed by atoms with E-state index >= 15 is 0 Å². The van der Waals surface area contributed by atoms with Gasteiger partial charge in [-0.25, -0.2) is 4.79 Å². The van der Waals surface area contributed by atoms with Crippen LogP contribution in [-0.4, -0.2) is 49.9 Å². The third-order valence-electron chi connectivity index (χ3n) is 3.39. The Morgan fingerprint density at radius 3 is 2.95 bits per heavy atom. The quantitative estimate of drug-likeness (QED) is 0.597. The lowest BCUT2D eigenvalue weighted by atomic mass is 10.1. The van der Waals surface area contributed by atoms with Gasteiger partial charge in [-0.2, -0.15) is 4.98 Å². The first-order chi connectivity index (χ1) is 10.2. The molecule has 7 nitrogen and oxygen atoms in total. The molecule has 2 rings (SSSR count). The summed E-state index contributed by atoms with van der Waals surface area (Å²) in [5.41, 5.74) is 5.66. The molecule has 0 unspecified atom stereocenters.